The number of rotatable bonds is 5. The number of nitrogens with zero attached hydrogens (tertiary/aromatic N) is 3. The molecule has 2 rings (SSSR count). The van der Waals surface area contributed by atoms with Crippen LogP contribution in [0, 0.1) is 0 Å². The molecule has 1 saturated heterocycles. The topological polar surface area (TPSA) is 73.7 Å². The fraction of sp³-hybridized carbons (Fsp3) is 0.462. The number of carbonyl (C=O) groups is 2. The van der Waals surface area contributed by atoms with E-state index in [1.165, 1.54) is 0 Å². The average molecular weight is 263 g/mol. The fourth-order valence-electron chi connectivity index (χ4n) is 2.23. The Balaban J connectivity index is 1.96. The number of carboxylic acid groups (broad SMARTS) is 1. The Hall–Kier alpha value is -2.11. The van der Waals surface area contributed by atoms with E-state index >= 15 is 0 Å². The minimum atomic E-state index is -0.830. The molecule has 1 aliphatic rings. The normalized spacial score (nSPS) is 19.0. The molecule has 1 aromatic heterocycles. The van der Waals surface area contributed by atoms with E-state index < -0.39 is 5.97 Å². The van der Waals surface area contributed by atoms with Crippen LogP contribution in [0.25, 0.3) is 0 Å². The van der Waals surface area contributed by atoms with Crippen LogP contribution in [0.15, 0.2) is 24.4 Å². The zero-order chi connectivity index (χ0) is 13.8. The number of carboxylic acids is 1. The molecule has 2 heterocycles. The second kappa shape index (κ2) is 5.69. The minimum absolute atomic E-state index is 0.0349. The van der Waals surface area contributed by atoms with Crippen molar-refractivity contribution in [2.45, 2.75) is 25.4 Å². The van der Waals surface area contributed by atoms with E-state index in [0.29, 0.717) is 19.5 Å². The van der Waals surface area contributed by atoms with Crippen LogP contribution in [0.4, 0.5) is 4.79 Å². The van der Waals surface area contributed by atoms with Crippen molar-refractivity contribution in [2.24, 2.45) is 0 Å². The first-order chi connectivity index (χ1) is 9.08. The number of urea groups is 1. The molecule has 1 fully saturated rings. The number of aromatic nitrogens is 1. The molecule has 102 valence electrons. The third kappa shape index (κ3) is 3.21. The number of hydrogen-bond acceptors (Lipinski definition) is 3. The van der Waals surface area contributed by atoms with E-state index in [4.69, 9.17) is 5.11 Å². The first kappa shape index (κ1) is 13.3. The molecule has 1 aromatic rings. The van der Waals surface area contributed by atoms with Gasteiger partial charge in [-0.05, 0) is 18.6 Å². The van der Waals surface area contributed by atoms with Gasteiger partial charge in [-0.3, -0.25) is 9.78 Å². The Morgan fingerprint density at radius 2 is 2.32 bits per heavy atom. The lowest BCUT2D eigenvalue weighted by atomic mass is 10.1. The van der Waals surface area contributed by atoms with Crippen LogP contribution < -0.4 is 0 Å². The first-order valence-electron chi connectivity index (χ1n) is 6.21. The number of amides is 2. The van der Waals surface area contributed by atoms with Crippen molar-refractivity contribution in [2.75, 3.05) is 13.6 Å². The third-order valence-electron chi connectivity index (χ3n) is 3.32. The summed E-state index contributed by atoms with van der Waals surface area (Å²) < 4.78 is 0. The summed E-state index contributed by atoms with van der Waals surface area (Å²) in [6.45, 7) is 1.02. The summed E-state index contributed by atoms with van der Waals surface area (Å²) in [7, 11) is 1.72. The lowest BCUT2D eigenvalue weighted by molar-refractivity contribution is -0.137. The average Bonchev–Trinajstić information content (AvgIpc) is 2.66. The lowest BCUT2D eigenvalue weighted by Gasteiger charge is -2.16. The van der Waals surface area contributed by atoms with Crippen molar-refractivity contribution in [3.8, 4) is 0 Å². The molecule has 0 aromatic carbocycles. The number of aliphatic carboxylic acids is 1. The van der Waals surface area contributed by atoms with E-state index in [0.717, 1.165) is 5.69 Å². The standard InChI is InChI=1S/C13H17N3O3/c1-15-11(5-6-12(17)18)9-16(13(15)19)8-10-4-2-3-7-14-10/h2-4,7,11H,5-6,8-9H2,1H3,(H,17,18). The van der Waals surface area contributed by atoms with Crippen molar-refractivity contribution in [3.63, 3.8) is 0 Å². The van der Waals surface area contributed by atoms with E-state index in [1.54, 1.807) is 23.0 Å². The Kier molecular flexibility index (Phi) is 3.99. The maximum atomic E-state index is 12.0. The predicted molar refractivity (Wildman–Crippen MR) is 68.5 cm³/mol. The fourth-order valence-corrected chi connectivity index (χ4v) is 2.23. The van der Waals surface area contributed by atoms with E-state index in [-0.39, 0.29) is 18.5 Å². The van der Waals surface area contributed by atoms with Crippen molar-refractivity contribution in [3.05, 3.63) is 30.1 Å². The van der Waals surface area contributed by atoms with Crippen LogP contribution in [-0.2, 0) is 11.3 Å². The predicted octanol–water partition coefficient (Wildman–Crippen LogP) is 1.18. The zero-order valence-electron chi connectivity index (χ0n) is 10.8. The maximum Gasteiger partial charge on any atom is 0.320 e. The van der Waals surface area contributed by atoms with Crippen LogP contribution in [-0.4, -0.2) is 51.5 Å². The number of likely N-dealkylation sites (N-methyl/N-ethyl adjacent to an activating group) is 1. The molecule has 1 aliphatic heterocycles. The Labute approximate surface area is 111 Å². The lowest BCUT2D eigenvalue weighted by Crippen LogP contribution is -2.31. The molecule has 0 spiro atoms. The van der Waals surface area contributed by atoms with Gasteiger partial charge in [-0.2, -0.15) is 0 Å². The molecule has 19 heavy (non-hydrogen) atoms. The van der Waals surface area contributed by atoms with Crippen molar-refractivity contribution >= 4 is 12.0 Å². The van der Waals surface area contributed by atoms with Crippen molar-refractivity contribution < 1.29 is 14.7 Å². The SMILES string of the molecule is CN1C(=O)N(Cc2ccccn2)CC1CCC(=O)O. The first-order valence-corrected chi connectivity index (χ1v) is 6.21. The van der Waals surface area contributed by atoms with Crippen LogP contribution in [0.3, 0.4) is 0 Å². The van der Waals surface area contributed by atoms with Gasteiger partial charge in [-0.15, -0.1) is 0 Å². The van der Waals surface area contributed by atoms with Gasteiger partial charge in [0.1, 0.15) is 0 Å². The van der Waals surface area contributed by atoms with Gasteiger partial charge < -0.3 is 14.9 Å². The zero-order valence-corrected chi connectivity index (χ0v) is 10.8. The van der Waals surface area contributed by atoms with Crippen molar-refractivity contribution in [1.82, 2.24) is 14.8 Å². The van der Waals surface area contributed by atoms with E-state index in [9.17, 15) is 9.59 Å². The molecular weight excluding hydrogens is 246 g/mol. The number of hydrogen-bond donors (Lipinski definition) is 1. The molecule has 6 heteroatoms. The summed E-state index contributed by atoms with van der Waals surface area (Å²) in [6, 6.07) is 5.48. The van der Waals surface area contributed by atoms with Gasteiger partial charge in [-0.1, -0.05) is 6.07 Å². The van der Waals surface area contributed by atoms with Gasteiger partial charge in [0, 0.05) is 26.2 Å². The summed E-state index contributed by atoms with van der Waals surface area (Å²) in [6.07, 6.45) is 2.26. The molecule has 1 N–H and O–H groups in total. The summed E-state index contributed by atoms with van der Waals surface area (Å²) >= 11 is 0. The monoisotopic (exact) mass is 263 g/mol. The summed E-state index contributed by atoms with van der Waals surface area (Å²) in [4.78, 5) is 30.1. The molecule has 0 saturated carbocycles. The second-order valence-electron chi connectivity index (χ2n) is 4.68. The highest BCUT2D eigenvalue weighted by atomic mass is 16.4. The highest BCUT2D eigenvalue weighted by Crippen LogP contribution is 2.19. The maximum absolute atomic E-state index is 12.0. The van der Waals surface area contributed by atoms with Crippen LogP contribution in [0.5, 0.6) is 0 Å². The van der Waals surface area contributed by atoms with Gasteiger partial charge in [0.2, 0.25) is 0 Å². The second-order valence-corrected chi connectivity index (χ2v) is 4.68. The van der Waals surface area contributed by atoms with Crippen molar-refractivity contribution in [1.29, 1.82) is 0 Å². The molecule has 0 bridgehead atoms. The Morgan fingerprint density at radius 3 is 2.95 bits per heavy atom. The highest BCUT2D eigenvalue weighted by Gasteiger charge is 2.34. The quantitative estimate of drug-likeness (QED) is 0.865. The van der Waals surface area contributed by atoms with Crippen LogP contribution in [0.2, 0.25) is 0 Å². The Morgan fingerprint density at radius 1 is 1.53 bits per heavy atom. The van der Waals surface area contributed by atoms with Gasteiger partial charge in [0.05, 0.1) is 18.3 Å². The van der Waals surface area contributed by atoms with Gasteiger partial charge in [0.15, 0.2) is 0 Å². The highest BCUT2D eigenvalue weighted by molar-refractivity contribution is 5.77. The smallest absolute Gasteiger partial charge is 0.320 e. The minimum Gasteiger partial charge on any atom is -0.481 e. The number of pyridine rings is 1. The summed E-state index contributed by atoms with van der Waals surface area (Å²) in [5.74, 6) is -0.830. The molecular formula is C13H17N3O3. The molecule has 6 nitrogen and oxygen atoms in total. The van der Waals surface area contributed by atoms with Crippen LogP contribution >= 0.6 is 0 Å². The summed E-state index contributed by atoms with van der Waals surface area (Å²) in [5.41, 5.74) is 0.836. The molecule has 1 unspecified atom stereocenters. The van der Waals surface area contributed by atoms with E-state index in [2.05, 4.69) is 4.98 Å². The van der Waals surface area contributed by atoms with Crippen LogP contribution in [0.1, 0.15) is 18.5 Å². The van der Waals surface area contributed by atoms with E-state index in [1.807, 2.05) is 18.2 Å². The third-order valence-corrected chi connectivity index (χ3v) is 3.32. The molecule has 0 aliphatic carbocycles. The van der Waals surface area contributed by atoms with Gasteiger partial charge in [0.25, 0.3) is 0 Å². The van der Waals surface area contributed by atoms with Gasteiger partial charge >= 0.3 is 12.0 Å². The summed E-state index contributed by atoms with van der Waals surface area (Å²) in [5, 5.41) is 8.70. The molecule has 1 atom stereocenters. The Bertz CT molecular complexity index is 463. The number of carbonyl (C=O) groups excluding carboxylic acids is 1. The molecule has 2 amide bonds. The van der Waals surface area contributed by atoms with Gasteiger partial charge in [-0.25, -0.2) is 4.79 Å². The largest absolute Gasteiger partial charge is 0.481 e. The molecule has 0 radical (unpaired) electrons.